The number of aromatic nitrogens is 2. The van der Waals surface area contributed by atoms with E-state index < -0.39 is 10.0 Å². The SMILES string of the molecule is COc1ccc(CN(Cc2ccc(OC)cc2)S(=O)(=O)c2cc(NC(=O)Cc3ccccc3Cl)cc3c2cnn3C2CC2)cc1. The lowest BCUT2D eigenvalue weighted by atomic mass is 10.1. The molecule has 1 amide bonds. The lowest BCUT2D eigenvalue weighted by molar-refractivity contribution is -0.115. The maximum absolute atomic E-state index is 14.7. The zero-order valence-corrected chi connectivity index (χ0v) is 26.5. The second-order valence-electron chi connectivity index (χ2n) is 11.0. The lowest BCUT2D eigenvalue weighted by Crippen LogP contribution is -2.30. The second-order valence-corrected chi connectivity index (χ2v) is 13.3. The molecule has 0 aliphatic heterocycles. The number of halogens is 1. The molecule has 0 saturated heterocycles. The molecular formula is C34H33ClN4O5S. The summed E-state index contributed by atoms with van der Waals surface area (Å²) in [7, 11) is -0.954. The van der Waals surface area contributed by atoms with Crippen LogP contribution in [0.1, 0.15) is 35.6 Å². The smallest absolute Gasteiger partial charge is 0.244 e. The predicted molar refractivity (Wildman–Crippen MR) is 174 cm³/mol. The Bertz CT molecular complexity index is 1890. The van der Waals surface area contributed by atoms with Gasteiger partial charge in [-0.3, -0.25) is 9.48 Å². The predicted octanol–water partition coefficient (Wildman–Crippen LogP) is 6.61. The summed E-state index contributed by atoms with van der Waals surface area (Å²) in [6, 6.07) is 25.3. The molecule has 5 aromatic rings. The van der Waals surface area contributed by atoms with Crippen molar-refractivity contribution < 1.29 is 22.7 Å². The number of rotatable bonds is 12. The molecule has 45 heavy (non-hydrogen) atoms. The maximum atomic E-state index is 14.7. The highest BCUT2D eigenvalue weighted by Crippen LogP contribution is 2.39. The molecule has 0 radical (unpaired) electrons. The van der Waals surface area contributed by atoms with Gasteiger partial charge in [-0.25, -0.2) is 8.42 Å². The van der Waals surface area contributed by atoms with Crippen LogP contribution < -0.4 is 14.8 Å². The molecule has 1 heterocycles. The summed E-state index contributed by atoms with van der Waals surface area (Å²) in [5.41, 5.74) is 3.29. The molecule has 11 heteroatoms. The van der Waals surface area contributed by atoms with Crippen molar-refractivity contribution in [3.63, 3.8) is 0 Å². The third-order valence-corrected chi connectivity index (χ3v) is 10.0. The Balaban J connectivity index is 1.40. The number of anilines is 1. The molecule has 1 aliphatic rings. The van der Waals surface area contributed by atoms with E-state index in [0.717, 1.165) is 24.0 Å². The minimum Gasteiger partial charge on any atom is -0.497 e. The van der Waals surface area contributed by atoms with E-state index in [1.807, 2.05) is 35.0 Å². The molecule has 0 spiro atoms. The van der Waals surface area contributed by atoms with Crippen LogP contribution in [0.15, 0.2) is 96.0 Å². The molecular weight excluding hydrogens is 612 g/mol. The van der Waals surface area contributed by atoms with Crippen molar-refractivity contribution in [2.45, 2.75) is 43.3 Å². The number of nitrogens with one attached hydrogen (secondary N) is 1. The first-order valence-corrected chi connectivity index (χ1v) is 16.4. The first kappa shape index (κ1) is 30.6. The number of nitrogens with zero attached hydrogens (tertiary/aromatic N) is 3. The minimum atomic E-state index is -4.13. The Hall–Kier alpha value is -4.38. The third-order valence-electron chi connectivity index (χ3n) is 7.82. The fraction of sp³-hybridized carbons (Fsp3) is 0.235. The van der Waals surface area contributed by atoms with Crippen molar-refractivity contribution >= 4 is 44.1 Å². The number of fused-ring (bicyclic) bond motifs is 1. The van der Waals surface area contributed by atoms with E-state index >= 15 is 0 Å². The van der Waals surface area contributed by atoms with Crippen LogP contribution in [-0.4, -0.2) is 42.6 Å². The van der Waals surface area contributed by atoms with E-state index in [9.17, 15) is 13.2 Å². The highest BCUT2D eigenvalue weighted by molar-refractivity contribution is 7.89. The molecule has 6 rings (SSSR count). The fourth-order valence-corrected chi connectivity index (χ4v) is 7.09. The number of ether oxygens (including phenoxy) is 2. The van der Waals surface area contributed by atoms with Crippen molar-refractivity contribution in [1.82, 2.24) is 14.1 Å². The summed E-state index contributed by atoms with van der Waals surface area (Å²) in [4.78, 5) is 13.2. The average Bonchev–Trinajstić information content (AvgIpc) is 3.80. The molecule has 0 bridgehead atoms. The third kappa shape index (κ3) is 6.83. The van der Waals surface area contributed by atoms with Gasteiger partial charge in [0.15, 0.2) is 0 Å². The number of benzene rings is 4. The number of amides is 1. The minimum absolute atomic E-state index is 0.0444. The monoisotopic (exact) mass is 644 g/mol. The van der Waals surface area contributed by atoms with Gasteiger partial charge in [-0.05, 0) is 72.0 Å². The van der Waals surface area contributed by atoms with Crippen LogP contribution in [0.5, 0.6) is 11.5 Å². The van der Waals surface area contributed by atoms with Crippen LogP contribution in [0.25, 0.3) is 10.9 Å². The Morgan fingerprint density at radius 1 is 0.933 bits per heavy atom. The van der Waals surface area contributed by atoms with Gasteiger partial charge in [0, 0.05) is 29.2 Å². The van der Waals surface area contributed by atoms with E-state index in [1.165, 1.54) is 10.4 Å². The van der Waals surface area contributed by atoms with E-state index in [4.69, 9.17) is 21.1 Å². The first-order valence-electron chi connectivity index (χ1n) is 14.6. The fourth-order valence-electron chi connectivity index (χ4n) is 5.26. The average molecular weight is 645 g/mol. The Morgan fingerprint density at radius 3 is 2.09 bits per heavy atom. The van der Waals surface area contributed by atoms with Crippen LogP contribution >= 0.6 is 11.6 Å². The Kier molecular flexibility index (Phi) is 8.80. The van der Waals surface area contributed by atoms with Crippen molar-refractivity contribution in [3.8, 4) is 11.5 Å². The Morgan fingerprint density at radius 2 is 1.53 bits per heavy atom. The number of carbonyl (C=O) groups excluding carboxylic acids is 1. The van der Waals surface area contributed by atoms with Gasteiger partial charge in [0.1, 0.15) is 11.5 Å². The summed E-state index contributed by atoms with van der Waals surface area (Å²) in [5, 5.41) is 8.48. The summed E-state index contributed by atoms with van der Waals surface area (Å²) in [6.45, 7) is 0.222. The quantitative estimate of drug-likeness (QED) is 0.164. The molecule has 1 N–H and O–H groups in total. The summed E-state index contributed by atoms with van der Waals surface area (Å²) in [5.74, 6) is 1.05. The topological polar surface area (TPSA) is 103 Å². The van der Waals surface area contributed by atoms with Crippen LogP contribution in [0.3, 0.4) is 0 Å². The number of methoxy groups -OCH3 is 2. The standard InChI is InChI=1S/C34H33ClN4O5S/c1-43-28-13-7-23(8-14-28)21-38(22-24-9-15-29(44-2)16-10-24)45(41,42)33-19-26(18-32-30(33)20-36-39(32)27-11-12-27)37-34(40)17-25-5-3-4-6-31(25)35/h3-10,13-16,18-20,27H,11-12,17,21-22H2,1-2H3,(H,37,40). The maximum Gasteiger partial charge on any atom is 0.244 e. The van der Waals surface area contributed by atoms with E-state index in [-0.39, 0.29) is 36.4 Å². The normalized spacial score (nSPS) is 13.2. The van der Waals surface area contributed by atoms with E-state index in [1.54, 1.807) is 68.9 Å². The molecule has 232 valence electrons. The summed E-state index contributed by atoms with van der Waals surface area (Å²) >= 11 is 6.29. The van der Waals surface area contributed by atoms with E-state index in [2.05, 4.69) is 10.4 Å². The molecule has 9 nitrogen and oxygen atoms in total. The van der Waals surface area contributed by atoms with Gasteiger partial charge >= 0.3 is 0 Å². The molecule has 4 aromatic carbocycles. The van der Waals surface area contributed by atoms with Crippen LogP contribution in [0, 0.1) is 0 Å². The number of hydrogen-bond acceptors (Lipinski definition) is 6. The number of sulfonamides is 1. The van der Waals surface area contributed by atoms with Crippen molar-refractivity contribution in [2.75, 3.05) is 19.5 Å². The van der Waals surface area contributed by atoms with E-state index in [0.29, 0.717) is 38.7 Å². The van der Waals surface area contributed by atoms with Gasteiger partial charge in [-0.1, -0.05) is 54.1 Å². The Labute approximate surface area is 267 Å². The van der Waals surface area contributed by atoms with Gasteiger partial charge in [0.2, 0.25) is 15.9 Å². The van der Waals surface area contributed by atoms with Gasteiger partial charge < -0.3 is 14.8 Å². The molecule has 0 atom stereocenters. The summed E-state index contributed by atoms with van der Waals surface area (Å²) in [6.07, 6.45) is 3.57. The van der Waals surface area contributed by atoms with Crippen molar-refractivity contribution in [1.29, 1.82) is 0 Å². The first-order chi connectivity index (χ1) is 21.7. The molecule has 0 unspecified atom stereocenters. The van der Waals surface area contributed by atoms with Gasteiger partial charge in [-0.15, -0.1) is 0 Å². The highest BCUT2D eigenvalue weighted by Gasteiger charge is 2.32. The van der Waals surface area contributed by atoms with Gasteiger partial charge in [0.05, 0.1) is 43.3 Å². The van der Waals surface area contributed by atoms with Crippen LogP contribution in [0.4, 0.5) is 5.69 Å². The molecule has 1 fully saturated rings. The number of carbonyl (C=O) groups is 1. The largest absolute Gasteiger partial charge is 0.497 e. The zero-order chi connectivity index (χ0) is 31.6. The molecule has 1 aromatic heterocycles. The highest BCUT2D eigenvalue weighted by atomic mass is 35.5. The van der Waals surface area contributed by atoms with Crippen LogP contribution in [0.2, 0.25) is 5.02 Å². The number of hydrogen-bond donors (Lipinski definition) is 1. The summed E-state index contributed by atoms with van der Waals surface area (Å²) < 4.78 is 43.2. The second kappa shape index (κ2) is 12.9. The molecule has 1 aliphatic carbocycles. The zero-order valence-electron chi connectivity index (χ0n) is 24.9. The molecule has 1 saturated carbocycles. The van der Waals surface area contributed by atoms with Gasteiger partial charge in [-0.2, -0.15) is 9.40 Å². The van der Waals surface area contributed by atoms with Gasteiger partial charge in [0.25, 0.3) is 0 Å². The van der Waals surface area contributed by atoms with Crippen molar-refractivity contribution in [3.05, 3.63) is 113 Å². The van der Waals surface area contributed by atoms with Crippen molar-refractivity contribution in [2.24, 2.45) is 0 Å². The van der Waals surface area contributed by atoms with Crippen LogP contribution in [-0.2, 0) is 34.3 Å². The lowest BCUT2D eigenvalue weighted by Gasteiger charge is -2.24.